The number of aromatic amines is 2. The molecule has 19 nitrogen and oxygen atoms in total. The second-order valence-corrected chi connectivity index (χ2v) is 17.9. The summed E-state index contributed by atoms with van der Waals surface area (Å²) >= 11 is 12.5. The lowest BCUT2D eigenvalue weighted by molar-refractivity contribution is -0.576. The SMILES string of the molecule is Cc1ccc(NC(=O)c2cc(C#N)c(Cl)cn2)cc1Nc1nc(-[n+]2cnc(-c3cccnc3Nc3cc(NC(=O)c4ccc(Cl)c(C5(C#N)CC5)c4)ccc3C)c3nc[nH]c32)ccc1-c1ncnc2[nH]cnc12. The summed E-state index contributed by atoms with van der Waals surface area (Å²) in [5.41, 5.74) is 9.04. The van der Waals surface area contributed by atoms with Gasteiger partial charge in [-0.1, -0.05) is 35.3 Å². The number of halogens is 2. The molecule has 0 unspecified atom stereocenters. The van der Waals surface area contributed by atoms with Gasteiger partial charge in [-0.15, -0.1) is 9.97 Å². The van der Waals surface area contributed by atoms with Gasteiger partial charge >= 0.3 is 0 Å². The molecule has 0 bridgehead atoms. The van der Waals surface area contributed by atoms with Crippen molar-refractivity contribution in [2.24, 2.45) is 0 Å². The van der Waals surface area contributed by atoms with E-state index in [1.54, 1.807) is 60.1 Å². The van der Waals surface area contributed by atoms with Crippen LogP contribution in [-0.2, 0) is 5.41 Å². The van der Waals surface area contributed by atoms with E-state index in [0.717, 1.165) is 11.1 Å². The van der Waals surface area contributed by atoms with E-state index in [-0.39, 0.29) is 22.2 Å². The average molecular weight is 1000 g/mol. The molecule has 0 atom stereocenters. The molecular weight excluding hydrogens is 966 g/mol. The molecule has 10 aromatic rings. The van der Waals surface area contributed by atoms with Crippen molar-refractivity contribution < 1.29 is 14.2 Å². The van der Waals surface area contributed by atoms with Crippen molar-refractivity contribution in [1.29, 1.82) is 10.5 Å². The summed E-state index contributed by atoms with van der Waals surface area (Å²) in [6.45, 7) is 3.86. The van der Waals surface area contributed by atoms with E-state index in [1.165, 1.54) is 18.6 Å². The highest BCUT2D eigenvalue weighted by atomic mass is 35.5. The summed E-state index contributed by atoms with van der Waals surface area (Å²) in [6.07, 6.45) is 10.6. The van der Waals surface area contributed by atoms with Crippen molar-refractivity contribution in [3.8, 4) is 40.5 Å². The van der Waals surface area contributed by atoms with Crippen LogP contribution in [0.15, 0.2) is 123 Å². The Balaban J connectivity index is 0.911. The number of aromatic nitrogens is 11. The Morgan fingerprint density at radius 1 is 0.712 bits per heavy atom. The van der Waals surface area contributed by atoms with Crippen LogP contribution in [0.5, 0.6) is 0 Å². The average Bonchev–Trinajstić information content (AvgIpc) is 3.75. The molecule has 6 N–H and O–H groups in total. The largest absolute Gasteiger partial charge is 0.339 e. The Hall–Kier alpha value is -9.69. The molecule has 0 aliphatic heterocycles. The van der Waals surface area contributed by atoms with Crippen LogP contribution in [-0.4, -0.2) is 61.7 Å². The molecule has 1 aliphatic rings. The minimum Gasteiger partial charge on any atom is -0.339 e. The van der Waals surface area contributed by atoms with Crippen molar-refractivity contribution in [1.82, 2.24) is 49.8 Å². The Labute approximate surface area is 424 Å². The molecule has 73 heavy (non-hydrogen) atoms. The third-order valence-corrected chi connectivity index (χ3v) is 13.1. The fraction of sp³-hybridized carbons (Fsp3) is 0.0962. The zero-order valence-corrected chi connectivity index (χ0v) is 40.0. The first-order valence-corrected chi connectivity index (χ1v) is 23.2. The summed E-state index contributed by atoms with van der Waals surface area (Å²) < 4.78 is 1.78. The quantitative estimate of drug-likeness (QED) is 0.0622. The minimum absolute atomic E-state index is 0.0232. The molecule has 354 valence electrons. The number of nitrogens with zero attached hydrogens (tertiary/aromatic N) is 11. The molecule has 0 spiro atoms. The van der Waals surface area contributed by atoms with Crippen LogP contribution in [0.4, 0.5) is 34.4 Å². The summed E-state index contributed by atoms with van der Waals surface area (Å²) in [7, 11) is 0. The summed E-state index contributed by atoms with van der Waals surface area (Å²) in [5, 5.41) is 32.7. The van der Waals surface area contributed by atoms with Gasteiger partial charge in [0.2, 0.25) is 17.8 Å². The summed E-state index contributed by atoms with van der Waals surface area (Å²) in [5.74, 6) is 0.475. The van der Waals surface area contributed by atoms with Crippen LogP contribution in [0, 0.1) is 36.5 Å². The van der Waals surface area contributed by atoms with Crippen LogP contribution < -0.4 is 25.8 Å². The van der Waals surface area contributed by atoms with Crippen molar-refractivity contribution in [3.05, 3.63) is 166 Å². The van der Waals surface area contributed by atoms with Crippen molar-refractivity contribution in [2.75, 3.05) is 21.3 Å². The van der Waals surface area contributed by atoms with Crippen molar-refractivity contribution >= 4 is 91.7 Å². The number of pyridine rings is 3. The number of anilines is 6. The van der Waals surface area contributed by atoms with Gasteiger partial charge in [0.05, 0.1) is 39.5 Å². The van der Waals surface area contributed by atoms with E-state index in [2.05, 4.69) is 57.2 Å². The predicted octanol–water partition coefficient (Wildman–Crippen LogP) is 9.76. The topological polar surface area (TPSA) is 268 Å². The minimum atomic E-state index is -0.649. The molecule has 7 heterocycles. The van der Waals surface area contributed by atoms with Crippen LogP contribution in [0.1, 0.15) is 55.9 Å². The van der Waals surface area contributed by atoms with E-state index in [1.807, 2.05) is 68.4 Å². The fourth-order valence-electron chi connectivity index (χ4n) is 8.35. The summed E-state index contributed by atoms with van der Waals surface area (Å²) in [6, 6.07) is 29.0. The van der Waals surface area contributed by atoms with Crippen LogP contribution >= 0.6 is 23.2 Å². The standard InChI is InChI=1S/C52H35Cl2N17O2/c1-27-5-8-31(66-50(72)29-7-11-36(53)35(16-29)52(22-56)13-14-52)18-38(27)68-46-33(4-3-15-57-46)43-45-49(64-25-61-45)71(26-65-43)41-12-10-34(42-44-48(62-23-59-42)63-24-60-44)47(70-41)69-39-19-32(9-6-28(39)2)67-51(73)40-17-30(20-55)37(54)21-58-40/h3-12,15-19,21,23-26H,13-14H2,1-2H3,(H5,57,58,59,60,61,62,63,64,66,67,68,69,70,72,73)/p+1. The predicted molar refractivity (Wildman–Crippen MR) is 274 cm³/mol. The molecule has 1 fully saturated rings. The molecule has 7 aromatic heterocycles. The lowest BCUT2D eigenvalue weighted by Crippen LogP contribution is -2.34. The number of carbonyl (C=O) groups is 2. The normalized spacial score (nSPS) is 12.5. The molecular formula is C52H36Cl2N17O2+. The van der Waals surface area contributed by atoms with Gasteiger partial charge < -0.3 is 26.3 Å². The first-order valence-electron chi connectivity index (χ1n) is 22.5. The Morgan fingerprint density at radius 3 is 2.18 bits per heavy atom. The second-order valence-electron chi connectivity index (χ2n) is 17.1. The zero-order chi connectivity index (χ0) is 50.4. The molecule has 2 amide bonds. The monoisotopic (exact) mass is 1000 g/mol. The highest BCUT2D eigenvalue weighted by molar-refractivity contribution is 6.32. The number of carbonyl (C=O) groups excluding carboxylic acids is 2. The fourth-order valence-corrected chi connectivity index (χ4v) is 8.79. The van der Waals surface area contributed by atoms with E-state index < -0.39 is 11.3 Å². The number of fused-ring (bicyclic) bond motifs is 2. The Morgan fingerprint density at radius 2 is 1.42 bits per heavy atom. The molecule has 0 radical (unpaired) electrons. The number of aryl methyl sites for hydroxylation is 2. The first-order chi connectivity index (χ1) is 35.5. The van der Waals surface area contributed by atoms with Gasteiger partial charge in [0.15, 0.2) is 22.7 Å². The van der Waals surface area contributed by atoms with Crippen LogP contribution in [0.3, 0.4) is 0 Å². The number of benzene rings is 3. The molecule has 1 saturated carbocycles. The number of H-pyrrole nitrogens is 2. The number of hydrogen-bond donors (Lipinski definition) is 6. The lowest BCUT2D eigenvalue weighted by Gasteiger charge is -2.15. The number of nitrogens with one attached hydrogen (secondary N) is 6. The van der Waals surface area contributed by atoms with Crippen LogP contribution in [0.2, 0.25) is 10.0 Å². The third kappa shape index (κ3) is 8.71. The maximum Gasteiger partial charge on any atom is 0.274 e. The van der Waals surface area contributed by atoms with Gasteiger partial charge in [-0.3, -0.25) is 14.6 Å². The van der Waals surface area contributed by atoms with Gasteiger partial charge in [0.25, 0.3) is 11.8 Å². The van der Waals surface area contributed by atoms with E-state index >= 15 is 0 Å². The molecule has 21 heteroatoms. The Kier molecular flexibility index (Phi) is 11.6. The molecule has 0 saturated heterocycles. The van der Waals surface area contributed by atoms with Crippen molar-refractivity contribution in [3.63, 3.8) is 0 Å². The van der Waals surface area contributed by atoms with Gasteiger partial charge in [-0.25, -0.2) is 29.9 Å². The maximum absolute atomic E-state index is 13.5. The van der Waals surface area contributed by atoms with E-state index in [4.69, 9.17) is 43.1 Å². The van der Waals surface area contributed by atoms with E-state index in [9.17, 15) is 20.1 Å². The third-order valence-electron chi connectivity index (χ3n) is 12.5. The molecule has 3 aromatic carbocycles. The Bertz CT molecular complexity index is 3990. The molecule has 1 aliphatic carbocycles. The zero-order valence-electron chi connectivity index (χ0n) is 38.5. The van der Waals surface area contributed by atoms with Gasteiger partial charge in [-0.05, 0) is 110 Å². The number of rotatable bonds is 12. The van der Waals surface area contributed by atoms with Crippen LogP contribution in [0.25, 0.3) is 50.7 Å². The number of hydrogen-bond acceptors (Lipinski definition) is 14. The van der Waals surface area contributed by atoms with Gasteiger partial charge in [0, 0.05) is 51.8 Å². The highest BCUT2D eigenvalue weighted by Gasteiger charge is 2.46. The maximum atomic E-state index is 13.5. The smallest absolute Gasteiger partial charge is 0.274 e. The molecule has 11 rings (SSSR count). The van der Waals surface area contributed by atoms with Gasteiger partial charge in [0.1, 0.15) is 41.4 Å². The lowest BCUT2D eigenvalue weighted by atomic mass is 9.95. The number of imidazole rings is 2. The second kappa shape index (κ2) is 18.6. The number of nitriles is 2. The number of amides is 2. The highest BCUT2D eigenvalue weighted by Crippen LogP contribution is 2.50. The van der Waals surface area contributed by atoms with Crippen molar-refractivity contribution in [2.45, 2.75) is 32.1 Å². The van der Waals surface area contributed by atoms with E-state index in [0.29, 0.717) is 114 Å². The van der Waals surface area contributed by atoms with Gasteiger partial charge in [-0.2, -0.15) is 15.1 Å². The first kappa shape index (κ1) is 45.7. The summed E-state index contributed by atoms with van der Waals surface area (Å²) in [4.78, 5) is 70.3.